The first kappa shape index (κ1) is 17.0. The Morgan fingerprint density at radius 1 is 1.43 bits per heavy atom. The minimum Gasteiger partial charge on any atom is -0.489 e. The third-order valence-electron chi connectivity index (χ3n) is 2.57. The van der Waals surface area contributed by atoms with Crippen LogP contribution in [0.2, 0.25) is 0 Å². The Labute approximate surface area is 120 Å². The van der Waals surface area contributed by atoms with Crippen LogP contribution in [0.1, 0.15) is 22.3 Å². The maximum atomic E-state index is 12.7. The van der Waals surface area contributed by atoms with Gasteiger partial charge in [0.05, 0.1) is 11.1 Å². The Hall–Kier alpha value is -2.02. The number of hydrogen-bond acceptors (Lipinski definition) is 3. The molecule has 0 unspecified atom stereocenters. The summed E-state index contributed by atoms with van der Waals surface area (Å²) in [7, 11) is 0. The smallest absolute Gasteiger partial charge is 0.416 e. The molecule has 1 amide bonds. The third-order valence-corrected chi connectivity index (χ3v) is 2.57. The molecule has 0 saturated carbocycles. The number of halogens is 3. The van der Waals surface area contributed by atoms with Gasteiger partial charge in [-0.15, -0.1) is 0 Å². The first-order valence-electron chi connectivity index (χ1n) is 6.33. The molecule has 0 spiro atoms. The molecule has 0 saturated heterocycles. The number of alkyl halides is 3. The highest BCUT2D eigenvalue weighted by atomic mass is 19.4. The van der Waals surface area contributed by atoms with Gasteiger partial charge in [-0.05, 0) is 31.2 Å². The van der Waals surface area contributed by atoms with E-state index in [4.69, 9.17) is 10.5 Å². The second kappa shape index (κ2) is 7.68. The van der Waals surface area contributed by atoms with E-state index in [2.05, 4.69) is 11.9 Å². The topological polar surface area (TPSA) is 64.3 Å². The predicted octanol–water partition coefficient (Wildman–Crippen LogP) is 2.35. The molecule has 0 aromatic heterocycles. The van der Waals surface area contributed by atoms with E-state index in [1.54, 1.807) is 0 Å². The predicted molar refractivity (Wildman–Crippen MR) is 73.1 cm³/mol. The van der Waals surface area contributed by atoms with Crippen molar-refractivity contribution in [1.82, 2.24) is 5.32 Å². The molecule has 0 aliphatic carbocycles. The summed E-state index contributed by atoms with van der Waals surface area (Å²) in [4.78, 5) is 12.0. The molecule has 1 aromatic rings. The molecular weight excluding hydrogens is 285 g/mol. The highest BCUT2D eigenvalue weighted by Gasteiger charge is 2.32. The number of benzene rings is 1. The van der Waals surface area contributed by atoms with Crippen LogP contribution in [0.15, 0.2) is 30.9 Å². The summed E-state index contributed by atoms with van der Waals surface area (Å²) >= 11 is 0. The number of carbonyl (C=O) groups is 1. The van der Waals surface area contributed by atoms with Gasteiger partial charge in [0.15, 0.2) is 0 Å². The van der Waals surface area contributed by atoms with Crippen molar-refractivity contribution in [1.29, 1.82) is 0 Å². The Morgan fingerprint density at radius 2 is 2.14 bits per heavy atom. The average molecular weight is 302 g/mol. The maximum absolute atomic E-state index is 12.7. The summed E-state index contributed by atoms with van der Waals surface area (Å²) in [5.74, 6) is -0.554. The lowest BCUT2D eigenvalue weighted by Crippen LogP contribution is -2.27. The summed E-state index contributed by atoms with van der Waals surface area (Å²) < 4.78 is 43.4. The lowest BCUT2D eigenvalue weighted by atomic mass is 10.1. The fourth-order valence-corrected chi connectivity index (χ4v) is 1.56. The standard InChI is InChI=1S/C14H17F3N2O2/c1-2-8-21-12-5-4-10(14(15,16)17)9-11(12)13(20)19-7-3-6-18/h2,4-5,9H,1,3,6-8,18H2,(H,19,20). The van der Waals surface area contributed by atoms with Crippen molar-refractivity contribution < 1.29 is 22.7 Å². The van der Waals surface area contributed by atoms with Crippen molar-refractivity contribution in [3.63, 3.8) is 0 Å². The zero-order valence-electron chi connectivity index (χ0n) is 11.4. The maximum Gasteiger partial charge on any atom is 0.416 e. The number of carbonyl (C=O) groups excluding carboxylic acids is 1. The Balaban J connectivity index is 3.03. The zero-order valence-corrected chi connectivity index (χ0v) is 11.4. The molecule has 21 heavy (non-hydrogen) atoms. The van der Waals surface area contributed by atoms with Gasteiger partial charge in [-0.3, -0.25) is 4.79 Å². The summed E-state index contributed by atoms with van der Waals surface area (Å²) in [5, 5.41) is 2.50. The molecule has 0 aliphatic heterocycles. The third kappa shape index (κ3) is 5.11. The molecule has 7 heteroatoms. The molecule has 3 N–H and O–H groups in total. The van der Waals surface area contributed by atoms with Crippen LogP contribution in [0.3, 0.4) is 0 Å². The Bertz CT molecular complexity index is 501. The van der Waals surface area contributed by atoms with Gasteiger partial charge in [0.25, 0.3) is 5.91 Å². The van der Waals surface area contributed by atoms with Crippen LogP contribution in [-0.4, -0.2) is 25.6 Å². The van der Waals surface area contributed by atoms with Crippen LogP contribution in [0.5, 0.6) is 5.75 Å². The number of rotatable bonds is 7. The van der Waals surface area contributed by atoms with E-state index in [1.165, 1.54) is 6.08 Å². The molecule has 0 aliphatic rings. The van der Waals surface area contributed by atoms with Gasteiger partial charge in [0, 0.05) is 6.54 Å². The van der Waals surface area contributed by atoms with E-state index in [-0.39, 0.29) is 24.5 Å². The van der Waals surface area contributed by atoms with Crippen molar-refractivity contribution >= 4 is 5.91 Å². The fourth-order valence-electron chi connectivity index (χ4n) is 1.56. The molecule has 0 bridgehead atoms. The van der Waals surface area contributed by atoms with Crippen LogP contribution < -0.4 is 15.8 Å². The molecule has 1 aromatic carbocycles. The van der Waals surface area contributed by atoms with Gasteiger partial charge >= 0.3 is 6.18 Å². The summed E-state index contributed by atoms with van der Waals surface area (Å²) in [6.07, 6.45) is -2.55. The van der Waals surface area contributed by atoms with Crippen molar-refractivity contribution in [2.45, 2.75) is 12.6 Å². The second-order valence-electron chi connectivity index (χ2n) is 4.21. The number of nitrogens with two attached hydrogens (primary N) is 1. The first-order valence-corrected chi connectivity index (χ1v) is 6.33. The molecular formula is C14H17F3N2O2. The van der Waals surface area contributed by atoms with Gasteiger partial charge in [-0.2, -0.15) is 13.2 Å². The van der Waals surface area contributed by atoms with Crippen LogP contribution in [0, 0.1) is 0 Å². The van der Waals surface area contributed by atoms with Crippen molar-refractivity contribution in [2.24, 2.45) is 5.73 Å². The molecule has 0 heterocycles. The quantitative estimate of drug-likeness (QED) is 0.600. The molecule has 0 radical (unpaired) electrons. The van der Waals surface area contributed by atoms with Gasteiger partial charge in [-0.1, -0.05) is 12.7 Å². The zero-order chi connectivity index (χ0) is 15.9. The van der Waals surface area contributed by atoms with Crippen LogP contribution in [0.25, 0.3) is 0 Å². The fraction of sp³-hybridized carbons (Fsp3) is 0.357. The van der Waals surface area contributed by atoms with Gasteiger partial charge in [0.2, 0.25) is 0 Å². The lowest BCUT2D eigenvalue weighted by molar-refractivity contribution is -0.137. The summed E-state index contributed by atoms with van der Waals surface area (Å²) in [6.45, 7) is 4.20. The molecule has 0 fully saturated rings. The molecule has 1 rings (SSSR count). The average Bonchev–Trinajstić information content (AvgIpc) is 2.44. The van der Waals surface area contributed by atoms with E-state index in [0.29, 0.717) is 13.0 Å². The Kier molecular flexibility index (Phi) is 6.23. The largest absolute Gasteiger partial charge is 0.489 e. The molecule has 116 valence electrons. The Morgan fingerprint density at radius 3 is 2.71 bits per heavy atom. The van der Waals surface area contributed by atoms with Crippen molar-refractivity contribution in [2.75, 3.05) is 19.7 Å². The van der Waals surface area contributed by atoms with E-state index in [9.17, 15) is 18.0 Å². The highest BCUT2D eigenvalue weighted by molar-refractivity contribution is 5.97. The second-order valence-corrected chi connectivity index (χ2v) is 4.21. The number of ether oxygens (including phenoxy) is 1. The number of amides is 1. The minimum atomic E-state index is -4.52. The van der Waals surface area contributed by atoms with E-state index >= 15 is 0 Å². The normalized spacial score (nSPS) is 11.0. The first-order chi connectivity index (χ1) is 9.90. The van der Waals surface area contributed by atoms with Gasteiger partial charge in [0.1, 0.15) is 12.4 Å². The van der Waals surface area contributed by atoms with Crippen molar-refractivity contribution in [3.8, 4) is 5.75 Å². The minimum absolute atomic E-state index is 0.0770. The molecule has 0 atom stereocenters. The van der Waals surface area contributed by atoms with E-state index in [1.807, 2.05) is 0 Å². The van der Waals surface area contributed by atoms with Crippen LogP contribution in [0.4, 0.5) is 13.2 Å². The SMILES string of the molecule is C=CCOc1ccc(C(F)(F)F)cc1C(=O)NCCCN. The van der Waals surface area contributed by atoms with E-state index < -0.39 is 17.6 Å². The van der Waals surface area contributed by atoms with Crippen LogP contribution >= 0.6 is 0 Å². The van der Waals surface area contributed by atoms with Gasteiger partial charge in [-0.25, -0.2) is 0 Å². The summed E-state index contributed by atoms with van der Waals surface area (Å²) in [6, 6.07) is 2.77. The summed E-state index contributed by atoms with van der Waals surface area (Å²) in [5.41, 5.74) is 4.23. The molecule has 4 nitrogen and oxygen atoms in total. The van der Waals surface area contributed by atoms with Crippen molar-refractivity contribution in [3.05, 3.63) is 42.0 Å². The van der Waals surface area contributed by atoms with Crippen LogP contribution in [-0.2, 0) is 6.18 Å². The number of hydrogen-bond donors (Lipinski definition) is 2. The van der Waals surface area contributed by atoms with Gasteiger partial charge < -0.3 is 15.8 Å². The lowest BCUT2D eigenvalue weighted by Gasteiger charge is -2.13. The van der Waals surface area contributed by atoms with E-state index in [0.717, 1.165) is 18.2 Å². The monoisotopic (exact) mass is 302 g/mol. The highest BCUT2D eigenvalue weighted by Crippen LogP contribution is 2.32. The number of nitrogens with one attached hydrogen (secondary N) is 1.